The van der Waals surface area contributed by atoms with Crippen LogP contribution in [0.1, 0.15) is 6.92 Å². The van der Waals surface area contributed by atoms with Gasteiger partial charge in [-0.2, -0.15) is 4.31 Å². The summed E-state index contributed by atoms with van der Waals surface area (Å²) in [6.07, 6.45) is 0. The molecule has 0 aliphatic heterocycles. The summed E-state index contributed by atoms with van der Waals surface area (Å²) in [5.74, 6) is -0.312. The molecule has 1 unspecified atom stereocenters. The lowest BCUT2D eigenvalue weighted by Crippen LogP contribution is -2.45. The van der Waals surface area contributed by atoms with Crippen LogP contribution in [0.25, 0.3) is 0 Å². The van der Waals surface area contributed by atoms with Crippen LogP contribution < -0.4 is 5.73 Å². The van der Waals surface area contributed by atoms with E-state index in [-0.39, 0.29) is 23.4 Å². The second kappa shape index (κ2) is 7.22. The maximum absolute atomic E-state index is 12.3. The van der Waals surface area contributed by atoms with Crippen LogP contribution in [0.3, 0.4) is 0 Å². The normalized spacial score (nSPS) is 13.2. The molecule has 2 N–H and O–H groups in total. The SMILES string of the molecule is CC(CN)N(C)C(=O)CN(C)S(=O)(=O)c1ccc(Cl)cc1. The van der Waals surface area contributed by atoms with Crippen molar-refractivity contribution in [1.82, 2.24) is 9.21 Å². The Labute approximate surface area is 130 Å². The fraction of sp³-hybridized carbons (Fsp3) is 0.462. The molecule has 6 nitrogen and oxygen atoms in total. The average Bonchev–Trinajstić information content (AvgIpc) is 2.45. The summed E-state index contributed by atoms with van der Waals surface area (Å²) in [5.41, 5.74) is 5.49. The van der Waals surface area contributed by atoms with E-state index in [1.807, 2.05) is 0 Å². The van der Waals surface area contributed by atoms with Gasteiger partial charge in [0.2, 0.25) is 15.9 Å². The number of sulfonamides is 1. The van der Waals surface area contributed by atoms with Crippen molar-refractivity contribution in [3.8, 4) is 0 Å². The van der Waals surface area contributed by atoms with Gasteiger partial charge in [-0.25, -0.2) is 8.42 Å². The predicted molar refractivity (Wildman–Crippen MR) is 82.6 cm³/mol. The van der Waals surface area contributed by atoms with Crippen LogP contribution in [0.15, 0.2) is 29.2 Å². The quantitative estimate of drug-likeness (QED) is 0.833. The van der Waals surface area contributed by atoms with Crippen molar-refractivity contribution in [3.63, 3.8) is 0 Å². The van der Waals surface area contributed by atoms with E-state index in [0.29, 0.717) is 11.6 Å². The largest absolute Gasteiger partial charge is 0.341 e. The number of carbonyl (C=O) groups excluding carboxylic acids is 1. The highest BCUT2D eigenvalue weighted by molar-refractivity contribution is 7.89. The molecular weight excluding hydrogens is 314 g/mol. The number of rotatable bonds is 6. The predicted octanol–water partition coefficient (Wildman–Crippen LogP) is 0.766. The number of halogens is 1. The molecule has 1 aromatic carbocycles. The van der Waals surface area contributed by atoms with Crippen LogP contribution in [0, 0.1) is 0 Å². The highest BCUT2D eigenvalue weighted by Gasteiger charge is 2.25. The number of nitrogens with zero attached hydrogens (tertiary/aromatic N) is 2. The van der Waals surface area contributed by atoms with E-state index in [4.69, 9.17) is 17.3 Å². The highest BCUT2D eigenvalue weighted by atomic mass is 35.5. The second-order valence-electron chi connectivity index (χ2n) is 4.80. The first kappa shape index (κ1) is 17.9. The summed E-state index contributed by atoms with van der Waals surface area (Å²) in [7, 11) is -0.757. The fourth-order valence-corrected chi connectivity index (χ4v) is 2.82. The minimum atomic E-state index is -3.72. The highest BCUT2D eigenvalue weighted by Crippen LogP contribution is 2.17. The Hall–Kier alpha value is -1.15. The van der Waals surface area contributed by atoms with E-state index in [9.17, 15) is 13.2 Å². The lowest BCUT2D eigenvalue weighted by molar-refractivity contribution is -0.131. The Morgan fingerprint density at radius 3 is 2.29 bits per heavy atom. The second-order valence-corrected chi connectivity index (χ2v) is 7.29. The van der Waals surface area contributed by atoms with Gasteiger partial charge in [-0.05, 0) is 31.2 Å². The minimum absolute atomic E-state index is 0.0942. The zero-order valence-corrected chi connectivity index (χ0v) is 13.9. The molecule has 0 bridgehead atoms. The fourth-order valence-electron chi connectivity index (χ4n) is 1.58. The Morgan fingerprint density at radius 2 is 1.81 bits per heavy atom. The van der Waals surface area contributed by atoms with E-state index in [1.54, 1.807) is 14.0 Å². The molecule has 21 heavy (non-hydrogen) atoms. The van der Waals surface area contributed by atoms with E-state index < -0.39 is 10.0 Å². The lowest BCUT2D eigenvalue weighted by atomic mass is 10.3. The summed E-state index contributed by atoms with van der Waals surface area (Å²) in [4.78, 5) is 13.6. The minimum Gasteiger partial charge on any atom is -0.341 e. The summed E-state index contributed by atoms with van der Waals surface area (Å²) in [5, 5.41) is 0.448. The van der Waals surface area contributed by atoms with Crippen molar-refractivity contribution in [1.29, 1.82) is 0 Å². The molecule has 0 spiro atoms. The average molecular weight is 334 g/mol. The molecule has 1 atom stereocenters. The van der Waals surface area contributed by atoms with Gasteiger partial charge in [-0.15, -0.1) is 0 Å². The monoisotopic (exact) mass is 333 g/mol. The molecule has 0 radical (unpaired) electrons. The zero-order chi connectivity index (χ0) is 16.2. The third-order valence-electron chi connectivity index (χ3n) is 3.28. The number of hydrogen-bond acceptors (Lipinski definition) is 4. The topological polar surface area (TPSA) is 83.7 Å². The van der Waals surface area contributed by atoms with E-state index >= 15 is 0 Å². The number of amides is 1. The summed E-state index contributed by atoms with van der Waals surface area (Å²) in [6.45, 7) is 1.87. The van der Waals surface area contributed by atoms with Gasteiger partial charge in [-0.1, -0.05) is 11.6 Å². The van der Waals surface area contributed by atoms with E-state index in [0.717, 1.165) is 4.31 Å². The third-order valence-corrected chi connectivity index (χ3v) is 5.34. The maximum Gasteiger partial charge on any atom is 0.243 e. The molecule has 1 aromatic rings. The van der Waals surface area contributed by atoms with Crippen molar-refractivity contribution in [2.45, 2.75) is 17.9 Å². The summed E-state index contributed by atoms with van der Waals surface area (Å²) < 4.78 is 25.7. The maximum atomic E-state index is 12.3. The number of nitrogens with two attached hydrogens (primary N) is 1. The standard InChI is InChI=1S/C13H20ClN3O3S/c1-10(8-15)17(3)13(18)9-16(2)21(19,20)12-6-4-11(14)5-7-12/h4-7,10H,8-9,15H2,1-3H3. The van der Waals surface area contributed by atoms with Crippen molar-refractivity contribution in [2.24, 2.45) is 5.73 Å². The van der Waals surface area contributed by atoms with Crippen LogP contribution in [-0.4, -0.2) is 56.8 Å². The van der Waals surface area contributed by atoms with Gasteiger partial charge in [0.05, 0.1) is 11.4 Å². The molecule has 8 heteroatoms. The van der Waals surface area contributed by atoms with Crippen LogP contribution in [0.2, 0.25) is 5.02 Å². The van der Waals surface area contributed by atoms with E-state index in [1.165, 1.54) is 36.2 Å². The first-order valence-corrected chi connectivity index (χ1v) is 8.19. The Morgan fingerprint density at radius 1 is 1.29 bits per heavy atom. The Bertz CT molecular complexity index is 589. The summed E-state index contributed by atoms with van der Waals surface area (Å²) in [6, 6.07) is 5.65. The molecule has 0 aromatic heterocycles. The molecule has 0 aliphatic carbocycles. The van der Waals surface area contributed by atoms with Gasteiger partial charge in [0.25, 0.3) is 0 Å². The van der Waals surface area contributed by atoms with Gasteiger partial charge in [-0.3, -0.25) is 4.79 Å². The van der Waals surface area contributed by atoms with E-state index in [2.05, 4.69) is 0 Å². The molecule has 0 saturated heterocycles. The van der Waals surface area contributed by atoms with Gasteiger partial charge >= 0.3 is 0 Å². The van der Waals surface area contributed by atoms with Crippen molar-refractivity contribution in [2.75, 3.05) is 27.2 Å². The Balaban J connectivity index is 2.85. The van der Waals surface area contributed by atoms with Crippen molar-refractivity contribution in [3.05, 3.63) is 29.3 Å². The number of benzene rings is 1. The van der Waals surface area contributed by atoms with Gasteiger partial charge in [0.1, 0.15) is 0 Å². The lowest BCUT2D eigenvalue weighted by Gasteiger charge is -2.26. The number of likely N-dealkylation sites (N-methyl/N-ethyl adjacent to an activating group) is 2. The summed E-state index contributed by atoms with van der Waals surface area (Å²) >= 11 is 5.74. The first-order valence-electron chi connectivity index (χ1n) is 6.37. The molecule has 0 fully saturated rings. The molecule has 1 amide bonds. The number of carbonyl (C=O) groups is 1. The smallest absolute Gasteiger partial charge is 0.243 e. The third kappa shape index (κ3) is 4.41. The first-order chi connectivity index (χ1) is 9.70. The zero-order valence-electron chi connectivity index (χ0n) is 12.3. The molecule has 1 rings (SSSR count). The molecule has 0 aliphatic rings. The van der Waals surface area contributed by atoms with Gasteiger partial charge < -0.3 is 10.6 Å². The van der Waals surface area contributed by atoms with Crippen LogP contribution >= 0.6 is 11.6 Å². The molecule has 0 heterocycles. The van der Waals surface area contributed by atoms with Crippen LogP contribution in [0.4, 0.5) is 0 Å². The van der Waals surface area contributed by atoms with Crippen molar-refractivity contribution < 1.29 is 13.2 Å². The van der Waals surface area contributed by atoms with Gasteiger partial charge in [0.15, 0.2) is 0 Å². The van der Waals surface area contributed by atoms with Crippen LogP contribution in [-0.2, 0) is 14.8 Å². The van der Waals surface area contributed by atoms with Crippen molar-refractivity contribution >= 4 is 27.5 Å². The molecule has 118 valence electrons. The molecular formula is C13H20ClN3O3S. The Kier molecular flexibility index (Phi) is 6.15. The van der Waals surface area contributed by atoms with Gasteiger partial charge in [0, 0.05) is 31.7 Å². The van der Waals surface area contributed by atoms with Crippen LogP contribution in [0.5, 0.6) is 0 Å². The number of hydrogen-bond donors (Lipinski definition) is 1. The molecule has 0 saturated carbocycles.